The Labute approximate surface area is 202 Å². The monoisotopic (exact) mass is 506 g/mol. The van der Waals surface area contributed by atoms with E-state index in [1.807, 2.05) is 24.3 Å². The molecule has 3 aromatic carbocycles. The van der Waals surface area contributed by atoms with Crippen molar-refractivity contribution in [3.05, 3.63) is 99.3 Å². The fraction of sp³-hybridized carbons (Fsp3) is 0.208. The zero-order chi connectivity index (χ0) is 23.6. The largest absolute Gasteiger partial charge is 0.337 e. The van der Waals surface area contributed by atoms with Crippen LogP contribution in [0.3, 0.4) is 0 Å². The smallest absolute Gasteiger partial charge is 0.243 e. The van der Waals surface area contributed by atoms with Gasteiger partial charge in [0.2, 0.25) is 15.9 Å². The molecule has 1 amide bonds. The minimum Gasteiger partial charge on any atom is -0.337 e. The second-order valence-electron chi connectivity index (χ2n) is 7.76. The highest BCUT2D eigenvalue weighted by Gasteiger charge is 2.31. The lowest BCUT2D eigenvalue weighted by atomic mass is 10.00. The number of halogens is 3. The summed E-state index contributed by atoms with van der Waals surface area (Å²) in [7, 11) is -4.14. The highest BCUT2D eigenvalue weighted by molar-refractivity contribution is 7.89. The molecule has 5 nitrogen and oxygen atoms in total. The molecule has 1 aliphatic heterocycles. The summed E-state index contributed by atoms with van der Waals surface area (Å²) in [5, 5.41) is 0.464. The standard InChI is InChI=1S/C24H21Cl2FN2O3S/c25-19-8-10-20(11-9-19)33(31,32)29(15-21-22(26)6-3-7-23(21)27)16-24(30)28-13-12-17-4-1-2-5-18(17)14-28/h1-11H,12-16H2. The number of benzene rings is 3. The van der Waals surface area contributed by atoms with E-state index in [-0.39, 0.29) is 27.9 Å². The molecule has 0 radical (unpaired) electrons. The van der Waals surface area contributed by atoms with E-state index in [9.17, 15) is 17.6 Å². The molecule has 0 unspecified atom stereocenters. The summed E-state index contributed by atoms with van der Waals surface area (Å²) in [6.07, 6.45) is 0.686. The van der Waals surface area contributed by atoms with Gasteiger partial charge in [0.15, 0.2) is 0 Å². The lowest BCUT2D eigenvalue weighted by molar-refractivity contribution is -0.132. The van der Waals surface area contributed by atoms with Gasteiger partial charge in [-0.05, 0) is 53.9 Å². The van der Waals surface area contributed by atoms with Gasteiger partial charge in [-0.15, -0.1) is 0 Å². The molecule has 172 valence electrons. The number of fused-ring (bicyclic) bond motifs is 1. The van der Waals surface area contributed by atoms with Gasteiger partial charge in [-0.25, -0.2) is 12.8 Å². The van der Waals surface area contributed by atoms with Crippen LogP contribution in [0.15, 0.2) is 71.6 Å². The van der Waals surface area contributed by atoms with E-state index in [1.54, 1.807) is 4.90 Å². The predicted molar refractivity (Wildman–Crippen MR) is 126 cm³/mol. The van der Waals surface area contributed by atoms with Gasteiger partial charge in [0.25, 0.3) is 0 Å². The Kier molecular flexibility index (Phi) is 7.05. The third kappa shape index (κ3) is 5.22. The lowest BCUT2D eigenvalue weighted by Gasteiger charge is -2.31. The molecule has 33 heavy (non-hydrogen) atoms. The molecule has 0 saturated heterocycles. The van der Waals surface area contributed by atoms with Crippen molar-refractivity contribution in [2.24, 2.45) is 0 Å². The van der Waals surface area contributed by atoms with Crippen molar-refractivity contribution in [1.29, 1.82) is 0 Å². The van der Waals surface area contributed by atoms with Gasteiger partial charge in [-0.1, -0.05) is 53.5 Å². The van der Waals surface area contributed by atoms with Crippen LogP contribution >= 0.6 is 23.2 Å². The maximum absolute atomic E-state index is 14.5. The summed E-state index contributed by atoms with van der Waals surface area (Å²) < 4.78 is 42.3. The Morgan fingerprint density at radius 1 is 0.970 bits per heavy atom. The average molecular weight is 507 g/mol. The fourth-order valence-corrected chi connectivity index (χ4v) is 5.51. The molecule has 0 spiro atoms. The molecule has 0 bridgehead atoms. The van der Waals surface area contributed by atoms with Crippen molar-refractivity contribution < 1.29 is 17.6 Å². The van der Waals surface area contributed by atoms with Gasteiger partial charge in [0.05, 0.1) is 11.4 Å². The number of sulfonamides is 1. The molecule has 0 aliphatic carbocycles. The van der Waals surface area contributed by atoms with Crippen LogP contribution < -0.4 is 0 Å². The van der Waals surface area contributed by atoms with E-state index < -0.39 is 22.4 Å². The van der Waals surface area contributed by atoms with Crippen LogP contribution in [0.1, 0.15) is 16.7 Å². The van der Waals surface area contributed by atoms with Crippen LogP contribution in [0.4, 0.5) is 4.39 Å². The molecule has 3 aromatic rings. The molecule has 0 saturated carbocycles. The maximum atomic E-state index is 14.5. The van der Waals surface area contributed by atoms with Crippen molar-refractivity contribution in [1.82, 2.24) is 9.21 Å². The minimum atomic E-state index is -4.14. The first-order chi connectivity index (χ1) is 15.8. The lowest BCUT2D eigenvalue weighted by Crippen LogP contribution is -2.44. The van der Waals surface area contributed by atoms with Crippen LogP contribution in [-0.2, 0) is 34.3 Å². The average Bonchev–Trinajstić information content (AvgIpc) is 2.80. The summed E-state index contributed by atoms with van der Waals surface area (Å²) in [4.78, 5) is 14.8. The van der Waals surface area contributed by atoms with Crippen molar-refractivity contribution >= 4 is 39.1 Å². The predicted octanol–water partition coefficient (Wildman–Crippen LogP) is 4.91. The summed E-state index contributed by atoms with van der Waals surface area (Å²) >= 11 is 12.1. The Hall–Kier alpha value is -2.45. The highest BCUT2D eigenvalue weighted by Crippen LogP contribution is 2.26. The van der Waals surface area contributed by atoms with Crippen molar-refractivity contribution in [3.63, 3.8) is 0 Å². The van der Waals surface area contributed by atoms with E-state index in [1.165, 1.54) is 48.0 Å². The zero-order valence-electron chi connectivity index (χ0n) is 17.5. The number of amides is 1. The number of hydrogen-bond acceptors (Lipinski definition) is 3. The summed E-state index contributed by atoms with van der Waals surface area (Å²) in [5.41, 5.74) is 2.21. The maximum Gasteiger partial charge on any atom is 0.243 e. The third-order valence-corrected chi connectivity index (χ3v) is 8.05. The second-order valence-corrected chi connectivity index (χ2v) is 10.5. The Morgan fingerprint density at radius 2 is 1.67 bits per heavy atom. The second kappa shape index (κ2) is 9.81. The van der Waals surface area contributed by atoms with Gasteiger partial charge in [-0.3, -0.25) is 4.79 Å². The van der Waals surface area contributed by atoms with E-state index >= 15 is 0 Å². The van der Waals surface area contributed by atoms with Crippen LogP contribution in [0, 0.1) is 5.82 Å². The first-order valence-electron chi connectivity index (χ1n) is 10.3. The van der Waals surface area contributed by atoms with Gasteiger partial charge < -0.3 is 4.90 Å². The molecule has 0 fully saturated rings. The van der Waals surface area contributed by atoms with Crippen LogP contribution in [0.25, 0.3) is 0 Å². The van der Waals surface area contributed by atoms with Crippen LogP contribution in [0.5, 0.6) is 0 Å². The third-order valence-electron chi connectivity index (χ3n) is 5.64. The van der Waals surface area contributed by atoms with Crippen molar-refractivity contribution in [2.75, 3.05) is 13.1 Å². The van der Waals surface area contributed by atoms with Crippen LogP contribution in [0.2, 0.25) is 10.0 Å². The summed E-state index contributed by atoms with van der Waals surface area (Å²) in [5.74, 6) is -1.01. The van der Waals surface area contributed by atoms with Gasteiger partial charge in [0, 0.05) is 35.2 Å². The molecule has 9 heteroatoms. The Balaban J connectivity index is 1.64. The molecule has 1 heterocycles. The topological polar surface area (TPSA) is 57.7 Å². The highest BCUT2D eigenvalue weighted by atomic mass is 35.5. The first kappa shape index (κ1) is 23.7. The fourth-order valence-electron chi connectivity index (χ4n) is 3.80. The van der Waals surface area contributed by atoms with E-state index in [2.05, 4.69) is 0 Å². The number of carbonyl (C=O) groups excluding carboxylic acids is 1. The molecular formula is C24H21Cl2FN2O3S. The van der Waals surface area contributed by atoms with E-state index in [0.717, 1.165) is 9.87 Å². The van der Waals surface area contributed by atoms with Crippen molar-refractivity contribution in [3.8, 4) is 0 Å². The van der Waals surface area contributed by atoms with Gasteiger partial charge in [0.1, 0.15) is 5.82 Å². The van der Waals surface area contributed by atoms with E-state index in [4.69, 9.17) is 23.2 Å². The number of hydrogen-bond donors (Lipinski definition) is 0. The number of rotatable bonds is 6. The zero-order valence-corrected chi connectivity index (χ0v) is 19.9. The number of carbonyl (C=O) groups is 1. The van der Waals surface area contributed by atoms with E-state index in [0.29, 0.717) is 24.5 Å². The van der Waals surface area contributed by atoms with Crippen LogP contribution in [-0.4, -0.2) is 36.6 Å². The molecule has 1 aliphatic rings. The quantitative estimate of drug-likeness (QED) is 0.477. The molecule has 0 atom stereocenters. The molecule has 0 N–H and O–H groups in total. The minimum absolute atomic E-state index is 0.00787. The Morgan fingerprint density at radius 3 is 2.36 bits per heavy atom. The normalized spacial score (nSPS) is 13.8. The van der Waals surface area contributed by atoms with Gasteiger partial charge >= 0.3 is 0 Å². The number of nitrogens with zero attached hydrogens (tertiary/aromatic N) is 2. The van der Waals surface area contributed by atoms with Crippen molar-refractivity contribution in [2.45, 2.75) is 24.4 Å². The molecule has 4 rings (SSSR count). The molecular weight excluding hydrogens is 486 g/mol. The Bertz CT molecular complexity index is 1260. The van der Waals surface area contributed by atoms with Gasteiger partial charge in [-0.2, -0.15) is 4.31 Å². The SMILES string of the molecule is O=C(CN(Cc1c(F)cccc1Cl)S(=O)(=O)c1ccc(Cl)cc1)N1CCc2ccccc2C1. The summed E-state index contributed by atoms with van der Waals surface area (Å²) in [6.45, 7) is 0.0415. The first-order valence-corrected chi connectivity index (χ1v) is 12.5. The molecule has 0 aromatic heterocycles. The summed E-state index contributed by atoms with van der Waals surface area (Å²) in [6, 6.07) is 17.6.